The van der Waals surface area contributed by atoms with E-state index < -0.39 is 51.0 Å². The van der Waals surface area contributed by atoms with E-state index in [0.717, 1.165) is 12.1 Å². The molecule has 0 fully saturated rings. The molecule has 0 radical (unpaired) electrons. The van der Waals surface area contributed by atoms with Gasteiger partial charge in [-0.25, -0.2) is 4.39 Å². The highest BCUT2D eigenvalue weighted by Crippen LogP contribution is 2.49. The number of fused-ring (bicyclic) bond motifs is 1. The summed E-state index contributed by atoms with van der Waals surface area (Å²) in [6.07, 6.45) is -8.82. The number of nitrogens with one attached hydrogen (secondary N) is 3. The lowest BCUT2D eigenvalue weighted by Crippen LogP contribution is -2.42. The summed E-state index contributed by atoms with van der Waals surface area (Å²) in [5.74, 6) is -2.03. The van der Waals surface area contributed by atoms with E-state index in [1.54, 1.807) is 11.5 Å². The molecule has 1 amide bonds. The molecule has 218 valence electrons. The first-order chi connectivity index (χ1) is 19.2. The van der Waals surface area contributed by atoms with Crippen LogP contribution in [0.2, 0.25) is 10.0 Å². The van der Waals surface area contributed by atoms with E-state index in [4.69, 9.17) is 28.0 Å². The van der Waals surface area contributed by atoms with E-state index in [9.17, 15) is 35.5 Å². The van der Waals surface area contributed by atoms with Gasteiger partial charge in [0.05, 0.1) is 22.3 Å². The third-order valence-corrected chi connectivity index (χ3v) is 6.49. The minimum absolute atomic E-state index is 0.0720. The van der Waals surface area contributed by atoms with Crippen molar-refractivity contribution < 1.29 is 45.2 Å². The van der Waals surface area contributed by atoms with Crippen LogP contribution in [0.15, 0.2) is 66.5 Å². The maximum absolute atomic E-state index is 14.4. The monoisotopic (exact) mass is 623 g/mol. The molecule has 3 aromatic carbocycles. The molecule has 1 heterocycles. The standard InChI is InChI=1S/C26H18Cl2F7N3O3/c1-2-40-38-21(25(30,31)32)12-36-23(39)17-8-7-16(14-5-3-4-6-15(14)17)20-11-24(41-37-20,26(33,34)35)13-9-18(27)22(29)19(28)10-13/h3-12,37-38H,2H2,1H3,(H,36,39)/b21-12+. The molecule has 0 aliphatic carbocycles. The predicted molar refractivity (Wildman–Crippen MR) is 137 cm³/mol. The predicted octanol–water partition coefficient (Wildman–Crippen LogP) is 7.29. The number of hydrogen-bond donors (Lipinski definition) is 3. The van der Waals surface area contributed by atoms with Gasteiger partial charge in [0, 0.05) is 22.9 Å². The number of halogens is 9. The summed E-state index contributed by atoms with van der Waals surface area (Å²) in [4.78, 5) is 22.5. The Bertz CT molecular complexity index is 1530. The second kappa shape index (κ2) is 11.4. The van der Waals surface area contributed by atoms with Crippen LogP contribution in [0.5, 0.6) is 0 Å². The topological polar surface area (TPSA) is 71.6 Å². The van der Waals surface area contributed by atoms with Crippen LogP contribution in [-0.2, 0) is 15.3 Å². The highest BCUT2D eigenvalue weighted by molar-refractivity contribution is 6.35. The zero-order valence-electron chi connectivity index (χ0n) is 20.6. The van der Waals surface area contributed by atoms with Crippen LogP contribution in [0, 0.1) is 5.82 Å². The molecular weight excluding hydrogens is 606 g/mol. The second-order valence-corrected chi connectivity index (χ2v) is 9.33. The van der Waals surface area contributed by atoms with Crippen LogP contribution >= 0.6 is 23.2 Å². The molecule has 15 heteroatoms. The van der Waals surface area contributed by atoms with Gasteiger partial charge < -0.3 is 5.32 Å². The van der Waals surface area contributed by atoms with Gasteiger partial charge in [-0.2, -0.15) is 26.3 Å². The molecule has 41 heavy (non-hydrogen) atoms. The van der Waals surface area contributed by atoms with Crippen molar-refractivity contribution in [1.82, 2.24) is 16.3 Å². The summed E-state index contributed by atoms with van der Waals surface area (Å²) < 4.78 is 96.8. The number of rotatable bonds is 7. The average molecular weight is 624 g/mol. The number of hydroxylamine groups is 2. The zero-order chi connectivity index (χ0) is 30.2. The summed E-state index contributed by atoms with van der Waals surface area (Å²) >= 11 is 11.5. The molecule has 3 N–H and O–H groups in total. The Kier molecular flexibility index (Phi) is 8.46. The quantitative estimate of drug-likeness (QED) is 0.146. The second-order valence-electron chi connectivity index (χ2n) is 8.52. The molecule has 0 saturated carbocycles. The zero-order valence-corrected chi connectivity index (χ0v) is 22.1. The molecule has 4 rings (SSSR count). The van der Waals surface area contributed by atoms with Gasteiger partial charge in [-0.1, -0.05) is 53.5 Å². The first-order valence-electron chi connectivity index (χ1n) is 11.6. The summed E-state index contributed by atoms with van der Waals surface area (Å²) in [6, 6.07) is 10.1. The van der Waals surface area contributed by atoms with E-state index in [1.165, 1.54) is 37.3 Å². The van der Waals surface area contributed by atoms with Gasteiger partial charge in [0.25, 0.3) is 5.91 Å². The molecule has 1 aliphatic rings. The summed E-state index contributed by atoms with van der Waals surface area (Å²) in [5.41, 5.74) is -1.21. The fraction of sp³-hybridized carbons (Fsp3) is 0.192. The van der Waals surface area contributed by atoms with Crippen molar-refractivity contribution in [3.8, 4) is 0 Å². The Morgan fingerprint density at radius 2 is 1.68 bits per heavy atom. The third kappa shape index (κ3) is 5.94. The van der Waals surface area contributed by atoms with Gasteiger partial charge in [-0.3, -0.25) is 25.4 Å². The van der Waals surface area contributed by atoms with Crippen LogP contribution in [0.3, 0.4) is 0 Å². The summed E-state index contributed by atoms with van der Waals surface area (Å²) in [5, 5.41) is 1.22. The van der Waals surface area contributed by atoms with Crippen molar-refractivity contribution >= 4 is 45.6 Å². The molecule has 3 aromatic rings. The minimum atomic E-state index is -5.07. The van der Waals surface area contributed by atoms with Crippen molar-refractivity contribution in [2.75, 3.05) is 6.61 Å². The van der Waals surface area contributed by atoms with Gasteiger partial charge in [-0.15, -0.1) is 0 Å². The van der Waals surface area contributed by atoms with Crippen molar-refractivity contribution in [1.29, 1.82) is 0 Å². The molecular formula is C26H18Cl2F7N3O3. The average Bonchev–Trinajstić information content (AvgIpc) is 3.37. The van der Waals surface area contributed by atoms with E-state index in [2.05, 4.69) is 10.3 Å². The van der Waals surface area contributed by atoms with Crippen LogP contribution in [0.1, 0.15) is 28.4 Å². The smallest absolute Gasteiger partial charge is 0.326 e. The number of alkyl halides is 6. The summed E-state index contributed by atoms with van der Waals surface area (Å²) in [6.45, 7) is 1.37. The van der Waals surface area contributed by atoms with Crippen molar-refractivity contribution in [3.63, 3.8) is 0 Å². The normalized spacial score (nSPS) is 17.8. The Morgan fingerprint density at radius 3 is 2.27 bits per heavy atom. The van der Waals surface area contributed by atoms with E-state index in [0.29, 0.717) is 12.3 Å². The SMILES string of the molecule is CCON/C(=C/NC(=O)c1ccc(C2=CC(c3cc(Cl)c(F)c(Cl)c3)(C(F)(F)F)ON2)c2ccccc12)C(F)(F)F. The van der Waals surface area contributed by atoms with Gasteiger partial charge >= 0.3 is 12.4 Å². The lowest BCUT2D eigenvalue weighted by Gasteiger charge is -2.28. The van der Waals surface area contributed by atoms with Gasteiger partial charge in [-0.05, 0) is 42.0 Å². The number of carbonyl (C=O) groups is 1. The highest BCUT2D eigenvalue weighted by atomic mass is 35.5. The molecule has 0 spiro atoms. The minimum Gasteiger partial charge on any atom is -0.326 e. The van der Waals surface area contributed by atoms with Crippen LogP contribution in [0.4, 0.5) is 30.7 Å². The Labute approximate surface area is 237 Å². The van der Waals surface area contributed by atoms with Gasteiger partial charge in [0.2, 0.25) is 5.60 Å². The van der Waals surface area contributed by atoms with Crippen LogP contribution in [0.25, 0.3) is 16.5 Å². The van der Waals surface area contributed by atoms with Gasteiger partial charge in [0.15, 0.2) is 11.5 Å². The largest absolute Gasteiger partial charge is 0.434 e. The fourth-order valence-corrected chi connectivity index (χ4v) is 4.50. The Hall–Kier alpha value is -3.52. The number of amides is 1. The molecule has 0 aromatic heterocycles. The maximum atomic E-state index is 14.4. The molecule has 1 aliphatic heterocycles. The lowest BCUT2D eigenvalue weighted by atomic mass is 9.90. The van der Waals surface area contributed by atoms with E-state index >= 15 is 0 Å². The van der Waals surface area contributed by atoms with Crippen LogP contribution < -0.4 is 16.3 Å². The molecule has 0 bridgehead atoms. The molecule has 1 unspecified atom stereocenters. The number of hydrogen-bond acceptors (Lipinski definition) is 5. The lowest BCUT2D eigenvalue weighted by molar-refractivity contribution is -0.269. The molecule has 6 nitrogen and oxygen atoms in total. The highest BCUT2D eigenvalue weighted by Gasteiger charge is 2.60. The Balaban J connectivity index is 1.77. The fourth-order valence-electron chi connectivity index (χ4n) is 4.01. The third-order valence-electron chi connectivity index (χ3n) is 5.94. The summed E-state index contributed by atoms with van der Waals surface area (Å²) in [7, 11) is 0. The van der Waals surface area contributed by atoms with Crippen molar-refractivity contribution in [3.05, 3.63) is 99.1 Å². The van der Waals surface area contributed by atoms with Crippen molar-refractivity contribution in [2.24, 2.45) is 0 Å². The molecule has 1 atom stereocenters. The van der Waals surface area contributed by atoms with Crippen LogP contribution in [-0.4, -0.2) is 24.9 Å². The first kappa shape index (κ1) is 30.4. The maximum Gasteiger partial charge on any atom is 0.434 e. The number of carbonyl (C=O) groups excluding carboxylic acids is 1. The Morgan fingerprint density at radius 1 is 1.05 bits per heavy atom. The van der Waals surface area contributed by atoms with E-state index in [-0.39, 0.29) is 34.2 Å². The number of allylic oxidation sites excluding steroid dienone is 1. The van der Waals surface area contributed by atoms with E-state index in [1.807, 2.05) is 5.32 Å². The van der Waals surface area contributed by atoms with Crippen molar-refractivity contribution in [2.45, 2.75) is 24.9 Å². The molecule has 0 saturated heterocycles. The first-order valence-corrected chi connectivity index (χ1v) is 12.3. The van der Waals surface area contributed by atoms with Gasteiger partial charge in [0.1, 0.15) is 0 Å². The number of benzene rings is 3.